The third-order valence-electron chi connectivity index (χ3n) is 1.92. The van der Waals surface area contributed by atoms with Crippen LogP contribution in [-0.2, 0) is 0 Å². The van der Waals surface area contributed by atoms with E-state index in [1.54, 1.807) is 0 Å². The van der Waals surface area contributed by atoms with Crippen molar-refractivity contribution in [1.82, 2.24) is 5.32 Å². The van der Waals surface area contributed by atoms with E-state index in [0.717, 1.165) is 6.54 Å². The van der Waals surface area contributed by atoms with Crippen LogP contribution in [0, 0.1) is 0 Å². The number of aliphatic hydroxyl groups is 1. The summed E-state index contributed by atoms with van der Waals surface area (Å²) in [7, 11) is 0. The molecule has 2 nitrogen and oxygen atoms in total. The fourth-order valence-corrected chi connectivity index (χ4v) is 2.35. The molecule has 0 aromatic heterocycles. The minimum Gasteiger partial charge on any atom is -0.392 e. The predicted molar refractivity (Wildman–Crippen MR) is 50.0 cm³/mol. The van der Waals surface area contributed by atoms with Crippen molar-refractivity contribution in [3.05, 3.63) is 0 Å². The largest absolute Gasteiger partial charge is 0.392 e. The van der Waals surface area contributed by atoms with Crippen LogP contribution in [0.4, 0.5) is 0 Å². The zero-order valence-electron chi connectivity index (χ0n) is 7.05. The standard InChI is InChI=1S/C8H17NOS/c1-7(10)6-9-8-2-4-11-5-3-8/h7-10H,2-6H2,1H3/t7-/m0/s1. The highest BCUT2D eigenvalue weighted by Crippen LogP contribution is 2.16. The van der Waals surface area contributed by atoms with Gasteiger partial charge in [-0.15, -0.1) is 0 Å². The van der Waals surface area contributed by atoms with E-state index < -0.39 is 0 Å². The summed E-state index contributed by atoms with van der Waals surface area (Å²) in [4.78, 5) is 0. The molecule has 1 heterocycles. The molecule has 3 heteroatoms. The Morgan fingerprint density at radius 1 is 1.55 bits per heavy atom. The van der Waals surface area contributed by atoms with Crippen molar-refractivity contribution < 1.29 is 5.11 Å². The van der Waals surface area contributed by atoms with Crippen molar-refractivity contribution in [2.24, 2.45) is 0 Å². The van der Waals surface area contributed by atoms with Crippen LogP contribution >= 0.6 is 11.8 Å². The number of aliphatic hydroxyl groups excluding tert-OH is 1. The van der Waals surface area contributed by atoms with Crippen LogP contribution in [0.3, 0.4) is 0 Å². The van der Waals surface area contributed by atoms with Crippen molar-refractivity contribution in [2.45, 2.75) is 31.9 Å². The molecule has 11 heavy (non-hydrogen) atoms. The van der Waals surface area contributed by atoms with Crippen molar-refractivity contribution in [3.8, 4) is 0 Å². The summed E-state index contributed by atoms with van der Waals surface area (Å²) in [6.45, 7) is 2.57. The van der Waals surface area contributed by atoms with Crippen LogP contribution in [0.5, 0.6) is 0 Å². The molecule has 1 fully saturated rings. The molecule has 0 spiro atoms. The molecule has 0 amide bonds. The maximum Gasteiger partial charge on any atom is 0.0636 e. The van der Waals surface area contributed by atoms with Gasteiger partial charge in [-0.3, -0.25) is 0 Å². The van der Waals surface area contributed by atoms with Gasteiger partial charge in [0, 0.05) is 12.6 Å². The molecule has 1 aliphatic heterocycles. The van der Waals surface area contributed by atoms with Crippen LogP contribution in [0.1, 0.15) is 19.8 Å². The lowest BCUT2D eigenvalue weighted by Gasteiger charge is -2.23. The molecular weight excluding hydrogens is 158 g/mol. The van der Waals surface area contributed by atoms with Crippen LogP contribution in [0.15, 0.2) is 0 Å². The van der Waals surface area contributed by atoms with Gasteiger partial charge < -0.3 is 10.4 Å². The lowest BCUT2D eigenvalue weighted by Crippen LogP contribution is -2.36. The first-order chi connectivity index (χ1) is 5.29. The van der Waals surface area contributed by atoms with Gasteiger partial charge in [0.05, 0.1) is 6.10 Å². The highest BCUT2D eigenvalue weighted by atomic mass is 32.2. The van der Waals surface area contributed by atoms with E-state index in [1.807, 2.05) is 18.7 Å². The normalized spacial score (nSPS) is 23.5. The third-order valence-corrected chi connectivity index (χ3v) is 2.97. The van der Waals surface area contributed by atoms with Crippen LogP contribution < -0.4 is 5.32 Å². The average Bonchev–Trinajstić information content (AvgIpc) is 2.03. The summed E-state index contributed by atoms with van der Waals surface area (Å²) >= 11 is 2.03. The zero-order valence-corrected chi connectivity index (χ0v) is 7.86. The minimum absolute atomic E-state index is 0.204. The van der Waals surface area contributed by atoms with Crippen molar-refractivity contribution >= 4 is 11.8 Å². The monoisotopic (exact) mass is 175 g/mol. The summed E-state index contributed by atoms with van der Waals surface area (Å²) in [6, 6.07) is 0.658. The Labute approximate surface area is 72.8 Å². The first-order valence-corrected chi connectivity index (χ1v) is 5.43. The smallest absolute Gasteiger partial charge is 0.0636 e. The van der Waals surface area contributed by atoms with E-state index in [2.05, 4.69) is 5.32 Å². The predicted octanol–water partition coefficient (Wildman–Crippen LogP) is 0.852. The van der Waals surface area contributed by atoms with Crippen LogP contribution in [0.25, 0.3) is 0 Å². The average molecular weight is 175 g/mol. The molecule has 0 unspecified atom stereocenters. The van der Waals surface area contributed by atoms with Gasteiger partial charge in [-0.05, 0) is 31.3 Å². The molecule has 0 saturated carbocycles. The summed E-state index contributed by atoms with van der Waals surface area (Å²) < 4.78 is 0. The van der Waals surface area contributed by atoms with Gasteiger partial charge >= 0.3 is 0 Å². The quantitative estimate of drug-likeness (QED) is 0.667. The molecule has 0 aromatic carbocycles. The van der Waals surface area contributed by atoms with Crippen molar-refractivity contribution in [2.75, 3.05) is 18.1 Å². The summed E-state index contributed by atoms with van der Waals surface area (Å²) in [6.07, 6.45) is 2.32. The van der Waals surface area contributed by atoms with E-state index >= 15 is 0 Å². The molecule has 0 bridgehead atoms. The maximum atomic E-state index is 9.02. The second-order valence-corrected chi connectivity index (χ2v) is 4.37. The van der Waals surface area contributed by atoms with Crippen molar-refractivity contribution in [3.63, 3.8) is 0 Å². The molecule has 1 rings (SSSR count). The molecular formula is C8H17NOS. The molecule has 0 aromatic rings. The van der Waals surface area contributed by atoms with Gasteiger partial charge in [0.25, 0.3) is 0 Å². The molecule has 0 aliphatic carbocycles. The Balaban J connectivity index is 2.05. The highest BCUT2D eigenvalue weighted by molar-refractivity contribution is 7.99. The number of hydrogen-bond acceptors (Lipinski definition) is 3. The van der Waals surface area contributed by atoms with E-state index in [4.69, 9.17) is 5.11 Å². The van der Waals surface area contributed by atoms with E-state index in [0.29, 0.717) is 6.04 Å². The third kappa shape index (κ3) is 3.99. The van der Waals surface area contributed by atoms with Gasteiger partial charge in [0.1, 0.15) is 0 Å². The SMILES string of the molecule is C[C@H](O)CNC1CCSCC1. The first kappa shape index (κ1) is 9.36. The lowest BCUT2D eigenvalue weighted by atomic mass is 10.1. The molecule has 66 valence electrons. The number of thioether (sulfide) groups is 1. The molecule has 1 atom stereocenters. The highest BCUT2D eigenvalue weighted by Gasteiger charge is 2.12. The molecule has 1 aliphatic rings. The second kappa shape index (κ2) is 5.01. The number of nitrogens with one attached hydrogen (secondary N) is 1. The summed E-state index contributed by atoms with van der Waals surface area (Å²) in [5, 5.41) is 12.4. The molecule has 0 radical (unpaired) electrons. The van der Waals surface area contributed by atoms with Crippen LogP contribution in [0.2, 0.25) is 0 Å². The minimum atomic E-state index is -0.204. The summed E-state index contributed by atoms with van der Waals surface area (Å²) in [5.41, 5.74) is 0. The molecule has 2 N–H and O–H groups in total. The Bertz CT molecular complexity index is 102. The Morgan fingerprint density at radius 3 is 2.73 bits per heavy atom. The van der Waals surface area contributed by atoms with Gasteiger partial charge in [0.15, 0.2) is 0 Å². The Kier molecular flexibility index (Phi) is 4.26. The molecule has 1 saturated heterocycles. The Morgan fingerprint density at radius 2 is 2.18 bits per heavy atom. The van der Waals surface area contributed by atoms with Gasteiger partial charge in [-0.1, -0.05) is 0 Å². The fourth-order valence-electron chi connectivity index (χ4n) is 1.24. The number of hydrogen-bond donors (Lipinski definition) is 2. The topological polar surface area (TPSA) is 32.3 Å². The van der Waals surface area contributed by atoms with E-state index in [9.17, 15) is 0 Å². The fraction of sp³-hybridized carbons (Fsp3) is 1.00. The first-order valence-electron chi connectivity index (χ1n) is 4.28. The Hall–Kier alpha value is 0.270. The zero-order chi connectivity index (χ0) is 8.10. The maximum absolute atomic E-state index is 9.02. The van der Waals surface area contributed by atoms with E-state index in [1.165, 1.54) is 24.3 Å². The number of rotatable bonds is 3. The lowest BCUT2D eigenvalue weighted by molar-refractivity contribution is 0.185. The van der Waals surface area contributed by atoms with Gasteiger partial charge in [0.2, 0.25) is 0 Å². The van der Waals surface area contributed by atoms with E-state index in [-0.39, 0.29) is 6.10 Å². The van der Waals surface area contributed by atoms with Crippen molar-refractivity contribution in [1.29, 1.82) is 0 Å². The van der Waals surface area contributed by atoms with Gasteiger partial charge in [-0.25, -0.2) is 0 Å². The second-order valence-electron chi connectivity index (χ2n) is 3.14. The summed E-state index contributed by atoms with van der Waals surface area (Å²) in [5.74, 6) is 2.55. The van der Waals surface area contributed by atoms with Gasteiger partial charge in [-0.2, -0.15) is 11.8 Å². The van der Waals surface area contributed by atoms with Crippen LogP contribution in [-0.4, -0.2) is 35.3 Å².